The summed E-state index contributed by atoms with van der Waals surface area (Å²) in [6.45, 7) is 7.17. The van der Waals surface area contributed by atoms with Gasteiger partial charge in [0.1, 0.15) is 5.75 Å². The number of ether oxygens (including phenoxy) is 1. The van der Waals surface area contributed by atoms with Gasteiger partial charge in [0.25, 0.3) is 0 Å². The molecule has 21 heavy (non-hydrogen) atoms. The molecule has 2 rings (SSSR count). The first-order chi connectivity index (χ1) is 10.2. The van der Waals surface area contributed by atoms with Crippen molar-refractivity contribution < 1.29 is 4.74 Å². The van der Waals surface area contributed by atoms with E-state index >= 15 is 0 Å². The molecule has 0 aliphatic heterocycles. The Morgan fingerprint density at radius 2 is 1.71 bits per heavy atom. The zero-order valence-electron chi connectivity index (χ0n) is 13.0. The van der Waals surface area contributed by atoms with Crippen molar-refractivity contribution in [2.45, 2.75) is 46.2 Å². The van der Waals surface area contributed by atoms with Gasteiger partial charge in [-0.3, -0.25) is 0 Å². The predicted octanol–water partition coefficient (Wildman–Crippen LogP) is 3.72. The topological polar surface area (TPSA) is 47.0 Å². The Balaban J connectivity index is 1.93. The molecule has 0 radical (unpaired) electrons. The highest BCUT2D eigenvalue weighted by Gasteiger charge is 2.02. The Bertz CT molecular complexity index is 535. The van der Waals surface area contributed by atoms with Gasteiger partial charge in [-0.25, -0.2) is 9.97 Å². The number of nitrogens with zero attached hydrogens (tertiary/aromatic N) is 2. The lowest BCUT2D eigenvalue weighted by molar-refractivity contribution is 0.440. The van der Waals surface area contributed by atoms with Crippen LogP contribution in [-0.4, -0.2) is 16.0 Å². The van der Waals surface area contributed by atoms with Crippen molar-refractivity contribution in [1.29, 1.82) is 0 Å². The van der Waals surface area contributed by atoms with Crippen LogP contribution in [0, 0.1) is 0 Å². The normalized spacial score (nSPS) is 10.9. The average Bonchev–Trinajstić information content (AvgIpc) is 2.49. The van der Waals surface area contributed by atoms with Crippen LogP contribution in [0.1, 0.15) is 38.3 Å². The Labute approximate surface area is 126 Å². The Kier molecular flexibility index (Phi) is 5.69. The third-order valence-corrected chi connectivity index (χ3v) is 3.07. The zero-order valence-corrected chi connectivity index (χ0v) is 13.0. The molecule has 0 aliphatic rings. The molecule has 0 unspecified atom stereocenters. The summed E-state index contributed by atoms with van der Waals surface area (Å²) in [6, 6.07) is 8.92. The molecule has 0 atom stereocenters. The molecule has 4 nitrogen and oxygen atoms in total. The summed E-state index contributed by atoms with van der Waals surface area (Å²) in [5.74, 6) is 0.767. The molecule has 1 aromatic heterocycles. The highest BCUT2D eigenvalue weighted by molar-refractivity contribution is 5.29. The van der Waals surface area contributed by atoms with Gasteiger partial charge in [0.05, 0.1) is 0 Å². The first-order valence-corrected chi connectivity index (χ1v) is 7.48. The molecule has 0 saturated carbocycles. The van der Waals surface area contributed by atoms with Crippen molar-refractivity contribution in [2.75, 3.05) is 0 Å². The maximum atomic E-state index is 5.65. The van der Waals surface area contributed by atoms with Crippen molar-refractivity contribution in [3.8, 4) is 11.8 Å². The largest absolute Gasteiger partial charge is 0.424 e. The number of benzene rings is 1. The van der Waals surface area contributed by atoms with Gasteiger partial charge in [-0.15, -0.1) is 0 Å². The maximum Gasteiger partial charge on any atom is 0.321 e. The van der Waals surface area contributed by atoms with E-state index in [1.807, 2.05) is 12.1 Å². The molecular formula is C17H23N3O. The van der Waals surface area contributed by atoms with Crippen molar-refractivity contribution in [3.63, 3.8) is 0 Å². The van der Waals surface area contributed by atoms with E-state index in [0.717, 1.165) is 30.7 Å². The molecule has 1 N–H and O–H groups in total. The lowest BCUT2D eigenvalue weighted by Gasteiger charge is -2.08. The van der Waals surface area contributed by atoms with Gasteiger partial charge in [-0.2, -0.15) is 0 Å². The zero-order chi connectivity index (χ0) is 15.1. The van der Waals surface area contributed by atoms with E-state index in [1.165, 1.54) is 5.56 Å². The number of aryl methyl sites for hydroxylation is 1. The van der Waals surface area contributed by atoms with Gasteiger partial charge in [-0.05, 0) is 24.1 Å². The lowest BCUT2D eigenvalue weighted by atomic mass is 10.1. The SMILES string of the molecule is CCCc1ccc(Oc2ncc(CNC(C)C)cn2)cc1. The molecule has 4 heteroatoms. The maximum absolute atomic E-state index is 5.65. The monoisotopic (exact) mass is 285 g/mol. The van der Waals surface area contributed by atoms with Gasteiger partial charge in [0, 0.05) is 30.5 Å². The molecule has 0 aliphatic carbocycles. The summed E-state index contributed by atoms with van der Waals surface area (Å²) in [4.78, 5) is 8.47. The number of nitrogens with one attached hydrogen (secondary N) is 1. The fourth-order valence-electron chi connectivity index (χ4n) is 1.93. The second-order valence-electron chi connectivity index (χ2n) is 5.41. The molecule has 1 aromatic carbocycles. The van der Waals surface area contributed by atoms with Gasteiger partial charge >= 0.3 is 6.01 Å². The standard InChI is InChI=1S/C17H23N3O/c1-4-5-14-6-8-16(9-7-14)21-17-19-11-15(12-20-17)10-18-13(2)3/h6-9,11-13,18H,4-5,10H2,1-3H3. The third kappa shape index (κ3) is 5.16. The van der Waals surface area contributed by atoms with Crippen molar-refractivity contribution >= 4 is 0 Å². The first-order valence-electron chi connectivity index (χ1n) is 7.48. The predicted molar refractivity (Wildman–Crippen MR) is 84.5 cm³/mol. The van der Waals surface area contributed by atoms with Crippen LogP contribution in [0.5, 0.6) is 11.8 Å². The number of rotatable bonds is 7. The Morgan fingerprint density at radius 3 is 2.29 bits per heavy atom. The molecule has 0 bridgehead atoms. The minimum Gasteiger partial charge on any atom is -0.424 e. The van der Waals surface area contributed by atoms with Crippen LogP contribution in [0.15, 0.2) is 36.7 Å². The molecular weight excluding hydrogens is 262 g/mol. The summed E-state index contributed by atoms with van der Waals surface area (Å²) in [5, 5.41) is 3.33. The van der Waals surface area contributed by atoms with Gasteiger partial charge < -0.3 is 10.1 Å². The fraction of sp³-hybridized carbons (Fsp3) is 0.412. The summed E-state index contributed by atoms with van der Waals surface area (Å²) in [5.41, 5.74) is 2.37. The highest BCUT2D eigenvalue weighted by Crippen LogP contribution is 2.18. The molecule has 2 aromatic rings. The van der Waals surface area contributed by atoms with Crippen molar-refractivity contribution in [1.82, 2.24) is 15.3 Å². The van der Waals surface area contributed by atoms with Gasteiger partial charge in [0.15, 0.2) is 0 Å². The van der Waals surface area contributed by atoms with Crippen LogP contribution in [0.4, 0.5) is 0 Å². The van der Waals surface area contributed by atoms with Crippen molar-refractivity contribution in [3.05, 3.63) is 47.8 Å². The van der Waals surface area contributed by atoms with Crippen LogP contribution in [0.25, 0.3) is 0 Å². The quantitative estimate of drug-likeness (QED) is 0.842. The van der Waals surface area contributed by atoms with E-state index in [0.29, 0.717) is 12.1 Å². The van der Waals surface area contributed by atoms with Gasteiger partial charge in [-0.1, -0.05) is 39.3 Å². The fourth-order valence-corrected chi connectivity index (χ4v) is 1.93. The smallest absolute Gasteiger partial charge is 0.321 e. The minimum absolute atomic E-state index is 0.381. The van der Waals surface area contributed by atoms with E-state index < -0.39 is 0 Å². The lowest BCUT2D eigenvalue weighted by Crippen LogP contribution is -2.21. The molecule has 112 valence electrons. The van der Waals surface area contributed by atoms with E-state index in [1.54, 1.807) is 12.4 Å². The van der Waals surface area contributed by atoms with E-state index in [2.05, 4.69) is 48.2 Å². The summed E-state index contributed by atoms with van der Waals surface area (Å²) >= 11 is 0. The summed E-state index contributed by atoms with van der Waals surface area (Å²) < 4.78 is 5.65. The Morgan fingerprint density at radius 1 is 1.05 bits per heavy atom. The van der Waals surface area contributed by atoms with Crippen LogP contribution in [0.2, 0.25) is 0 Å². The van der Waals surface area contributed by atoms with E-state index in [4.69, 9.17) is 4.74 Å². The molecule has 0 spiro atoms. The summed E-state index contributed by atoms with van der Waals surface area (Å²) in [6.07, 6.45) is 5.83. The van der Waals surface area contributed by atoms with E-state index in [-0.39, 0.29) is 0 Å². The van der Waals surface area contributed by atoms with Gasteiger partial charge in [0.2, 0.25) is 0 Å². The second kappa shape index (κ2) is 7.74. The number of hydrogen-bond donors (Lipinski definition) is 1. The average molecular weight is 285 g/mol. The third-order valence-electron chi connectivity index (χ3n) is 3.07. The highest BCUT2D eigenvalue weighted by atomic mass is 16.5. The van der Waals surface area contributed by atoms with E-state index in [9.17, 15) is 0 Å². The Hall–Kier alpha value is -1.94. The minimum atomic E-state index is 0.381. The van der Waals surface area contributed by atoms with Crippen LogP contribution in [0.3, 0.4) is 0 Å². The van der Waals surface area contributed by atoms with Crippen LogP contribution < -0.4 is 10.1 Å². The number of aromatic nitrogens is 2. The molecule has 0 saturated heterocycles. The van der Waals surface area contributed by atoms with Crippen LogP contribution in [-0.2, 0) is 13.0 Å². The summed E-state index contributed by atoms with van der Waals surface area (Å²) in [7, 11) is 0. The molecule has 0 amide bonds. The molecule has 1 heterocycles. The first kappa shape index (κ1) is 15.4. The van der Waals surface area contributed by atoms with Crippen molar-refractivity contribution in [2.24, 2.45) is 0 Å². The second-order valence-corrected chi connectivity index (χ2v) is 5.41. The number of hydrogen-bond acceptors (Lipinski definition) is 4. The molecule has 0 fully saturated rings. The van der Waals surface area contributed by atoms with Crippen LogP contribution >= 0.6 is 0 Å².